The maximum atomic E-state index is 6.42. The highest BCUT2D eigenvalue weighted by atomic mass is 35.5. The molecule has 0 radical (unpaired) electrons. The maximum Gasteiger partial charge on any atom is 0.239 e. The summed E-state index contributed by atoms with van der Waals surface area (Å²) in [6.07, 6.45) is 0. The Bertz CT molecular complexity index is 1280. The highest BCUT2D eigenvalue weighted by Gasteiger charge is 2.16. The van der Waals surface area contributed by atoms with Gasteiger partial charge in [0, 0.05) is 11.1 Å². The number of halogens is 1. The van der Waals surface area contributed by atoms with Gasteiger partial charge in [0.2, 0.25) is 5.82 Å². The molecule has 1 N–H and O–H groups in total. The third kappa shape index (κ3) is 3.15. The number of ether oxygens (including phenoxy) is 1. The number of furan rings is 1. The van der Waals surface area contributed by atoms with Crippen molar-refractivity contribution >= 4 is 22.5 Å². The first-order valence-electron chi connectivity index (χ1n) is 8.97. The highest BCUT2D eigenvalue weighted by molar-refractivity contribution is 6.32. The van der Waals surface area contributed by atoms with Gasteiger partial charge in [-0.25, -0.2) is 0 Å². The second-order valence-electron chi connectivity index (χ2n) is 6.53. The number of H-pyrrole nitrogens is 1. The van der Waals surface area contributed by atoms with Crippen LogP contribution in [0, 0.1) is 0 Å². The molecular formula is C21H16ClN5O2. The summed E-state index contributed by atoms with van der Waals surface area (Å²) in [5, 5.41) is 15.5. The lowest BCUT2D eigenvalue weighted by molar-refractivity contribution is 0.415. The predicted molar refractivity (Wildman–Crippen MR) is 110 cm³/mol. The van der Waals surface area contributed by atoms with Crippen LogP contribution >= 0.6 is 11.6 Å². The molecule has 29 heavy (non-hydrogen) atoms. The van der Waals surface area contributed by atoms with Crippen LogP contribution in [0.2, 0.25) is 5.02 Å². The molecule has 0 aliphatic carbocycles. The molecule has 144 valence electrons. The van der Waals surface area contributed by atoms with E-state index in [-0.39, 0.29) is 0 Å². The summed E-state index contributed by atoms with van der Waals surface area (Å²) in [5.41, 5.74) is 3.15. The molecule has 0 amide bonds. The SMILES string of the molecule is COc1cc2cc(-c3ccccc3)n(Cc3ccc(-c4nn[nH]n4)o3)c2cc1Cl. The topological polar surface area (TPSA) is 81.8 Å². The molecule has 0 aliphatic heterocycles. The normalized spacial score (nSPS) is 11.2. The van der Waals surface area contributed by atoms with E-state index < -0.39 is 0 Å². The Kier molecular flexibility index (Phi) is 4.29. The molecule has 0 bridgehead atoms. The number of benzene rings is 2. The predicted octanol–water partition coefficient (Wildman–Crippen LogP) is 4.79. The van der Waals surface area contributed by atoms with Crippen LogP contribution in [0.5, 0.6) is 5.75 Å². The first-order valence-corrected chi connectivity index (χ1v) is 9.35. The van der Waals surface area contributed by atoms with E-state index in [1.54, 1.807) is 7.11 Å². The highest BCUT2D eigenvalue weighted by Crippen LogP contribution is 2.35. The first-order chi connectivity index (χ1) is 14.2. The van der Waals surface area contributed by atoms with Gasteiger partial charge in [-0.1, -0.05) is 41.9 Å². The van der Waals surface area contributed by atoms with Gasteiger partial charge in [-0.2, -0.15) is 5.21 Å². The molecule has 8 heteroatoms. The lowest BCUT2D eigenvalue weighted by Gasteiger charge is -2.10. The number of aromatic amines is 1. The largest absolute Gasteiger partial charge is 0.495 e. The minimum absolute atomic E-state index is 0.421. The van der Waals surface area contributed by atoms with Crippen molar-refractivity contribution in [1.29, 1.82) is 0 Å². The third-order valence-corrected chi connectivity index (χ3v) is 5.08. The molecule has 0 fully saturated rings. The van der Waals surface area contributed by atoms with Gasteiger partial charge in [0.1, 0.15) is 11.5 Å². The molecular weight excluding hydrogens is 390 g/mol. The fourth-order valence-electron chi connectivity index (χ4n) is 3.44. The second kappa shape index (κ2) is 7.10. The molecule has 5 rings (SSSR count). The zero-order valence-electron chi connectivity index (χ0n) is 15.5. The number of tetrazole rings is 1. The first kappa shape index (κ1) is 17.5. The Balaban J connectivity index is 1.64. The molecule has 0 unspecified atom stereocenters. The van der Waals surface area contributed by atoms with E-state index in [1.165, 1.54) is 0 Å². The van der Waals surface area contributed by atoms with E-state index in [0.717, 1.165) is 27.9 Å². The lowest BCUT2D eigenvalue weighted by atomic mass is 10.1. The smallest absolute Gasteiger partial charge is 0.239 e. The van der Waals surface area contributed by atoms with Crippen molar-refractivity contribution in [2.75, 3.05) is 7.11 Å². The van der Waals surface area contributed by atoms with Crippen molar-refractivity contribution in [3.8, 4) is 28.6 Å². The van der Waals surface area contributed by atoms with Crippen LogP contribution in [0.25, 0.3) is 33.7 Å². The van der Waals surface area contributed by atoms with E-state index in [2.05, 4.69) is 43.4 Å². The van der Waals surface area contributed by atoms with Crippen molar-refractivity contribution in [3.05, 3.63) is 71.4 Å². The van der Waals surface area contributed by atoms with E-state index >= 15 is 0 Å². The fourth-order valence-corrected chi connectivity index (χ4v) is 3.68. The minimum Gasteiger partial charge on any atom is -0.495 e. The molecule has 5 aromatic rings. The number of aromatic nitrogens is 5. The molecule has 0 saturated carbocycles. The van der Waals surface area contributed by atoms with Gasteiger partial charge in [0.25, 0.3) is 0 Å². The van der Waals surface area contributed by atoms with E-state index in [9.17, 15) is 0 Å². The summed E-state index contributed by atoms with van der Waals surface area (Å²) < 4.78 is 13.5. The van der Waals surface area contributed by atoms with Gasteiger partial charge in [-0.3, -0.25) is 0 Å². The van der Waals surface area contributed by atoms with Crippen LogP contribution in [0.15, 0.2) is 65.1 Å². The number of nitrogens with one attached hydrogen (secondary N) is 1. The molecule has 7 nitrogen and oxygen atoms in total. The number of hydrogen-bond donors (Lipinski definition) is 1. The number of hydrogen-bond acceptors (Lipinski definition) is 5. The van der Waals surface area contributed by atoms with Gasteiger partial charge in [0.05, 0.1) is 24.2 Å². The van der Waals surface area contributed by atoms with Crippen LogP contribution in [0.3, 0.4) is 0 Å². The second-order valence-corrected chi connectivity index (χ2v) is 6.94. The standard InChI is InChI=1S/C21H16ClN5O2/c1-28-20-10-14-9-17(13-5-3-2-4-6-13)27(18(14)11-16(20)22)12-15-7-8-19(29-15)21-23-25-26-24-21/h2-11H,12H2,1H3,(H,23,24,25,26). The van der Waals surface area contributed by atoms with Crippen molar-refractivity contribution in [1.82, 2.24) is 25.2 Å². The number of rotatable bonds is 5. The molecule has 2 aromatic carbocycles. The van der Waals surface area contributed by atoms with Gasteiger partial charge in [-0.15, -0.1) is 10.2 Å². The Morgan fingerprint density at radius 2 is 1.97 bits per heavy atom. The summed E-state index contributed by atoms with van der Waals surface area (Å²) in [4.78, 5) is 0. The molecule has 0 atom stereocenters. The molecule has 3 aromatic heterocycles. The van der Waals surface area contributed by atoms with E-state index in [0.29, 0.717) is 28.9 Å². The van der Waals surface area contributed by atoms with Crippen molar-refractivity contribution < 1.29 is 9.15 Å². The van der Waals surface area contributed by atoms with Gasteiger partial charge >= 0.3 is 0 Å². The third-order valence-electron chi connectivity index (χ3n) is 4.79. The van der Waals surface area contributed by atoms with Crippen molar-refractivity contribution in [3.63, 3.8) is 0 Å². The fraction of sp³-hybridized carbons (Fsp3) is 0.0952. The number of methoxy groups -OCH3 is 1. The van der Waals surface area contributed by atoms with Crippen LogP contribution in [-0.2, 0) is 6.54 Å². The summed E-state index contributed by atoms with van der Waals surface area (Å²) in [5.74, 6) is 2.40. The lowest BCUT2D eigenvalue weighted by Crippen LogP contribution is -2.01. The molecule has 0 spiro atoms. The van der Waals surface area contributed by atoms with Gasteiger partial charge in [0.15, 0.2) is 5.76 Å². The number of nitrogens with zero attached hydrogens (tertiary/aromatic N) is 4. The van der Waals surface area contributed by atoms with E-state index in [4.69, 9.17) is 20.8 Å². The average Bonchev–Trinajstić information content (AvgIpc) is 3.49. The monoisotopic (exact) mass is 405 g/mol. The van der Waals surface area contributed by atoms with Crippen LogP contribution < -0.4 is 4.74 Å². The Labute approximate surface area is 170 Å². The zero-order chi connectivity index (χ0) is 19.8. The zero-order valence-corrected chi connectivity index (χ0v) is 16.2. The molecule has 3 heterocycles. The summed E-state index contributed by atoms with van der Waals surface area (Å²) in [6.45, 7) is 0.522. The summed E-state index contributed by atoms with van der Waals surface area (Å²) in [7, 11) is 1.62. The van der Waals surface area contributed by atoms with Gasteiger partial charge < -0.3 is 13.7 Å². The van der Waals surface area contributed by atoms with E-state index in [1.807, 2.05) is 42.5 Å². The summed E-state index contributed by atoms with van der Waals surface area (Å²) in [6, 6.07) is 20.0. The van der Waals surface area contributed by atoms with Crippen molar-refractivity contribution in [2.45, 2.75) is 6.54 Å². The minimum atomic E-state index is 0.421. The Morgan fingerprint density at radius 1 is 1.10 bits per heavy atom. The van der Waals surface area contributed by atoms with Crippen LogP contribution in [0.1, 0.15) is 5.76 Å². The van der Waals surface area contributed by atoms with Gasteiger partial charge in [-0.05, 0) is 41.1 Å². The summed E-state index contributed by atoms with van der Waals surface area (Å²) >= 11 is 6.42. The average molecular weight is 406 g/mol. The quantitative estimate of drug-likeness (QED) is 0.454. The molecule has 0 saturated heterocycles. The maximum absolute atomic E-state index is 6.42. The van der Waals surface area contributed by atoms with Crippen molar-refractivity contribution in [2.24, 2.45) is 0 Å². The Hall–Kier alpha value is -3.58. The van der Waals surface area contributed by atoms with Crippen LogP contribution in [-0.4, -0.2) is 32.3 Å². The number of fused-ring (bicyclic) bond motifs is 1. The Morgan fingerprint density at radius 3 is 2.72 bits per heavy atom. The van der Waals surface area contributed by atoms with Crippen LogP contribution in [0.4, 0.5) is 0 Å². The molecule has 0 aliphatic rings.